The van der Waals surface area contributed by atoms with Crippen LogP contribution in [0.2, 0.25) is 0 Å². The zero-order valence-electron chi connectivity index (χ0n) is 14.1. The molecule has 0 aliphatic carbocycles. The third-order valence-electron chi connectivity index (χ3n) is 4.09. The number of rotatable bonds is 3. The third-order valence-corrected chi connectivity index (χ3v) is 4.09. The number of hydrogen-bond acceptors (Lipinski definition) is 4. The van der Waals surface area contributed by atoms with Crippen molar-refractivity contribution < 1.29 is 18.0 Å². The number of para-hydroxylation sites is 1. The Hall–Kier alpha value is -3.69. The highest BCUT2D eigenvalue weighted by molar-refractivity contribution is 5.92. The Kier molecular flexibility index (Phi) is 4.10. The van der Waals surface area contributed by atoms with Crippen LogP contribution in [0.4, 0.5) is 18.9 Å². The molecule has 0 saturated carbocycles. The maximum absolute atomic E-state index is 12.8. The molecule has 28 heavy (non-hydrogen) atoms. The van der Waals surface area contributed by atoms with Crippen LogP contribution in [0.1, 0.15) is 5.56 Å². The van der Waals surface area contributed by atoms with Gasteiger partial charge in [0.2, 0.25) is 5.91 Å². The van der Waals surface area contributed by atoms with Gasteiger partial charge in [-0.3, -0.25) is 4.79 Å². The number of halogens is 3. The summed E-state index contributed by atoms with van der Waals surface area (Å²) in [5.41, 5.74) is -0.507. The molecule has 4 rings (SSSR count). The highest BCUT2D eigenvalue weighted by Gasteiger charge is 2.30. The molecule has 0 spiro atoms. The lowest BCUT2D eigenvalue weighted by molar-refractivity contribution is -0.137. The predicted molar refractivity (Wildman–Crippen MR) is 94.8 cm³/mol. The summed E-state index contributed by atoms with van der Waals surface area (Å²) in [4.78, 5) is 28.8. The van der Waals surface area contributed by atoms with E-state index in [0.717, 1.165) is 16.8 Å². The van der Waals surface area contributed by atoms with E-state index in [1.165, 1.54) is 22.9 Å². The lowest BCUT2D eigenvalue weighted by atomic mass is 10.2. The Morgan fingerprint density at radius 2 is 1.89 bits per heavy atom. The Morgan fingerprint density at radius 3 is 2.68 bits per heavy atom. The standard InChI is InChI=1S/C18H12F3N5O2/c19-18(20,21)11-4-3-5-12(8-11)23-15(27)9-26-17(28)25-10-22-14-7-2-1-6-13(14)16(25)24-26/h1-8,10H,9H2,(H,23,27). The smallest absolute Gasteiger partial charge is 0.324 e. The molecule has 10 heteroatoms. The van der Waals surface area contributed by atoms with Crippen molar-refractivity contribution in [3.8, 4) is 0 Å². The number of fused-ring (bicyclic) bond motifs is 3. The van der Waals surface area contributed by atoms with E-state index in [2.05, 4.69) is 15.4 Å². The molecule has 4 aromatic rings. The fourth-order valence-corrected chi connectivity index (χ4v) is 2.82. The van der Waals surface area contributed by atoms with Crippen LogP contribution in [-0.4, -0.2) is 25.1 Å². The van der Waals surface area contributed by atoms with E-state index in [1.807, 2.05) is 0 Å². The maximum Gasteiger partial charge on any atom is 0.416 e. The second kappa shape index (κ2) is 6.48. The van der Waals surface area contributed by atoms with Crippen molar-refractivity contribution >= 4 is 28.1 Å². The summed E-state index contributed by atoms with van der Waals surface area (Å²) < 4.78 is 40.5. The summed E-state index contributed by atoms with van der Waals surface area (Å²) in [7, 11) is 0. The molecule has 0 unspecified atom stereocenters. The lowest BCUT2D eigenvalue weighted by Crippen LogP contribution is -2.28. The molecule has 0 saturated heterocycles. The number of anilines is 1. The van der Waals surface area contributed by atoms with Crippen LogP contribution in [-0.2, 0) is 17.5 Å². The second-order valence-corrected chi connectivity index (χ2v) is 6.02. The average Bonchev–Trinajstić information content (AvgIpc) is 2.97. The van der Waals surface area contributed by atoms with Crippen molar-refractivity contribution in [3.63, 3.8) is 0 Å². The number of nitrogens with zero attached hydrogens (tertiary/aromatic N) is 4. The maximum atomic E-state index is 12.8. The Balaban J connectivity index is 1.62. The van der Waals surface area contributed by atoms with Gasteiger partial charge in [-0.1, -0.05) is 18.2 Å². The molecule has 0 bridgehead atoms. The summed E-state index contributed by atoms with van der Waals surface area (Å²) in [5.74, 6) is -0.679. The van der Waals surface area contributed by atoms with Crippen LogP contribution < -0.4 is 11.0 Å². The van der Waals surface area contributed by atoms with Crippen molar-refractivity contribution in [3.05, 3.63) is 70.9 Å². The summed E-state index contributed by atoms with van der Waals surface area (Å²) in [6.45, 7) is -0.453. The number of carbonyl (C=O) groups is 1. The van der Waals surface area contributed by atoms with Gasteiger partial charge in [0.15, 0.2) is 5.65 Å². The fourth-order valence-electron chi connectivity index (χ4n) is 2.82. The first kappa shape index (κ1) is 17.7. The van der Waals surface area contributed by atoms with Crippen LogP contribution in [0.15, 0.2) is 59.7 Å². The zero-order chi connectivity index (χ0) is 19.9. The molecular weight excluding hydrogens is 375 g/mol. The van der Waals surface area contributed by atoms with Gasteiger partial charge < -0.3 is 5.32 Å². The monoisotopic (exact) mass is 387 g/mol. The third kappa shape index (κ3) is 3.20. The summed E-state index contributed by atoms with van der Waals surface area (Å²) in [5, 5.41) is 7.15. The molecule has 0 atom stereocenters. The molecule has 2 aromatic carbocycles. The summed E-state index contributed by atoms with van der Waals surface area (Å²) in [6.07, 6.45) is -3.21. The van der Waals surface area contributed by atoms with E-state index in [1.54, 1.807) is 24.3 Å². The molecule has 2 heterocycles. The predicted octanol–water partition coefficient (Wildman–Crippen LogP) is 2.70. The topological polar surface area (TPSA) is 81.3 Å². The number of carbonyl (C=O) groups excluding carboxylic acids is 1. The van der Waals surface area contributed by atoms with Gasteiger partial charge in [0.25, 0.3) is 0 Å². The van der Waals surface area contributed by atoms with E-state index in [9.17, 15) is 22.8 Å². The van der Waals surface area contributed by atoms with Gasteiger partial charge in [0.05, 0.1) is 11.1 Å². The van der Waals surface area contributed by atoms with E-state index >= 15 is 0 Å². The van der Waals surface area contributed by atoms with Gasteiger partial charge in [0.1, 0.15) is 12.9 Å². The van der Waals surface area contributed by atoms with Crippen molar-refractivity contribution in [2.24, 2.45) is 0 Å². The number of alkyl halides is 3. The van der Waals surface area contributed by atoms with Crippen LogP contribution >= 0.6 is 0 Å². The number of nitrogens with one attached hydrogen (secondary N) is 1. The molecule has 1 amide bonds. The second-order valence-electron chi connectivity index (χ2n) is 6.02. The average molecular weight is 387 g/mol. The minimum atomic E-state index is -4.52. The van der Waals surface area contributed by atoms with E-state index in [0.29, 0.717) is 16.6 Å². The van der Waals surface area contributed by atoms with Crippen LogP contribution in [0.5, 0.6) is 0 Å². The first-order valence-corrected chi connectivity index (χ1v) is 8.13. The van der Waals surface area contributed by atoms with Gasteiger partial charge in [-0.2, -0.15) is 13.2 Å². The van der Waals surface area contributed by atoms with Crippen molar-refractivity contribution in [2.75, 3.05) is 5.32 Å². The van der Waals surface area contributed by atoms with Gasteiger partial charge in [-0.25, -0.2) is 18.9 Å². The molecule has 0 aliphatic rings. The van der Waals surface area contributed by atoms with Gasteiger partial charge in [-0.05, 0) is 30.3 Å². The largest absolute Gasteiger partial charge is 0.416 e. The van der Waals surface area contributed by atoms with Crippen molar-refractivity contribution in [1.29, 1.82) is 0 Å². The van der Waals surface area contributed by atoms with Crippen molar-refractivity contribution in [1.82, 2.24) is 19.2 Å². The SMILES string of the molecule is O=C(Cn1nc2c3ccccc3ncn2c1=O)Nc1cccc(C(F)(F)F)c1. The van der Waals surface area contributed by atoms with Gasteiger partial charge in [-0.15, -0.1) is 5.10 Å². The lowest BCUT2D eigenvalue weighted by Gasteiger charge is -2.09. The molecule has 2 aromatic heterocycles. The van der Waals surface area contributed by atoms with Crippen LogP contribution in [0, 0.1) is 0 Å². The molecule has 7 nitrogen and oxygen atoms in total. The Bertz CT molecular complexity index is 1260. The summed E-state index contributed by atoms with van der Waals surface area (Å²) >= 11 is 0. The van der Waals surface area contributed by atoms with Gasteiger partial charge in [0, 0.05) is 11.1 Å². The van der Waals surface area contributed by atoms with E-state index in [-0.39, 0.29) is 5.69 Å². The molecular formula is C18H12F3N5O2. The van der Waals surface area contributed by atoms with Crippen LogP contribution in [0.25, 0.3) is 16.6 Å². The quantitative estimate of drug-likeness (QED) is 0.586. The first-order valence-electron chi connectivity index (χ1n) is 8.13. The van der Waals surface area contributed by atoms with Crippen molar-refractivity contribution in [2.45, 2.75) is 12.7 Å². The first-order chi connectivity index (χ1) is 13.3. The highest BCUT2D eigenvalue weighted by atomic mass is 19.4. The normalized spacial score (nSPS) is 11.8. The zero-order valence-corrected chi connectivity index (χ0v) is 14.1. The Labute approximate surface area is 155 Å². The van der Waals surface area contributed by atoms with Gasteiger partial charge >= 0.3 is 11.9 Å². The van der Waals surface area contributed by atoms with E-state index in [4.69, 9.17) is 0 Å². The number of amides is 1. The molecule has 0 radical (unpaired) electrons. The number of benzene rings is 2. The minimum absolute atomic E-state index is 0.0243. The fraction of sp³-hybridized carbons (Fsp3) is 0.111. The molecule has 0 aliphatic heterocycles. The van der Waals surface area contributed by atoms with Crippen LogP contribution in [0.3, 0.4) is 0 Å². The minimum Gasteiger partial charge on any atom is -0.324 e. The highest BCUT2D eigenvalue weighted by Crippen LogP contribution is 2.30. The molecule has 1 N–H and O–H groups in total. The summed E-state index contributed by atoms with van der Waals surface area (Å²) in [6, 6.07) is 11.3. The molecule has 0 fully saturated rings. The van der Waals surface area contributed by atoms with E-state index < -0.39 is 29.9 Å². The number of aromatic nitrogens is 4. The Morgan fingerprint density at radius 1 is 1.11 bits per heavy atom. The number of hydrogen-bond donors (Lipinski definition) is 1. The molecule has 142 valence electrons.